The van der Waals surface area contributed by atoms with E-state index < -0.39 is 5.60 Å². The van der Waals surface area contributed by atoms with Gasteiger partial charge in [-0.25, -0.2) is 9.67 Å². The van der Waals surface area contributed by atoms with Crippen LogP contribution >= 0.6 is 0 Å². The largest absolute Gasteiger partial charge is 0.384 e. The van der Waals surface area contributed by atoms with Crippen LogP contribution in [-0.2, 0) is 5.60 Å². The average Bonchev–Trinajstić information content (AvgIpc) is 3.03. The van der Waals surface area contributed by atoms with E-state index in [2.05, 4.69) is 15.4 Å². The molecule has 3 rings (SSSR count). The van der Waals surface area contributed by atoms with E-state index in [0.717, 1.165) is 5.56 Å². The number of carbonyl (C=O) groups excluding carboxylic acids is 1. The van der Waals surface area contributed by atoms with Gasteiger partial charge in [-0.1, -0.05) is 36.4 Å². The molecule has 0 radical (unpaired) electrons. The third kappa shape index (κ3) is 3.59. The normalized spacial score (nSPS) is 13.2. The maximum atomic E-state index is 12.5. The molecule has 3 aromatic rings. The Labute approximate surface area is 146 Å². The average molecular weight is 336 g/mol. The van der Waals surface area contributed by atoms with Crippen molar-refractivity contribution < 1.29 is 9.90 Å². The third-order valence-electron chi connectivity index (χ3n) is 4.11. The van der Waals surface area contributed by atoms with E-state index in [9.17, 15) is 9.90 Å². The second kappa shape index (κ2) is 6.86. The lowest BCUT2D eigenvalue weighted by atomic mass is 9.96. The van der Waals surface area contributed by atoms with Gasteiger partial charge in [0.05, 0.1) is 24.0 Å². The first kappa shape index (κ1) is 16.9. The first-order valence-electron chi connectivity index (χ1n) is 8.01. The number of amides is 1. The van der Waals surface area contributed by atoms with Crippen LogP contribution in [0.2, 0.25) is 0 Å². The predicted octanol–water partition coefficient (Wildman–Crippen LogP) is 2.21. The van der Waals surface area contributed by atoms with Crippen LogP contribution in [0.4, 0.5) is 0 Å². The van der Waals surface area contributed by atoms with Gasteiger partial charge in [0.1, 0.15) is 5.60 Å². The number of nitrogens with one attached hydrogen (secondary N) is 1. The van der Waals surface area contributed by atoms with Gasteiger partial charge in [0.25, 0.3) is 5.91 Å². The highest BCUT2D eigenvalue weighted by Gasteiger charge is 2.24. The van der Waals surface area contributed by atoms with Gasteiger partial charge in [0.15, 0.2) is 5.82 Å². The number of rotatable bonds is 5. The number of carbonyl (C=O) groups is 1. The number of aromatic nitrogens is 3. The van der Waals surface area contributed by atoms with Crippen LogP contribution < -0.4 is 5.32 Å². The Bertz CT molecular complexity index is 858. The van der Waals surface area contributed by atoms with Gasteiger partial charge in [-0.3, -0.25) is 4.79 Å². The highest BCUT2D eigenvalue weighted by Crippen LogP contribution is 2.19. The fourth-order valence-corrected chi connectivity index (χ4v) is 2.59. The fourth-order valence-electron chi connectivity index (χ4n) is 2.59. The Morgan fingerprint density at radius 3 is 2.60 bits per heavy atom. The molecule has 1 aromatic carbocycles. The molecule has 6 heteroatoms. The molecule has 0 saturated carbocycles. The van der Waals surface area contributed by atoms with Crippen molar-refractivity contribution in [2.45, 2.75) is 19.4 Å². The second-order valence-corrected chi connectivity index (χ2v) is 6.07. The number of hydrogen-bond acceptors (Lipinski definition) is 4. The summed E-state index contributed by atoms with van der Waals surface area (Å²) in [5, 5.41) is 17.6. The second-order valence-electron chi connectivity index (χ2n) is 6.07. The predicted molar refractivity (Wildman–Crippen MR) is 94.4 cm³/mol. The minimum atomic E-state index is -1.15. The number of aliphatic hydroxyl groups is 1. The summed E-state index contributed by atoms with van der Waals surface area (Å²) in [4.78, 5) is 16.7. The molecule has 0 fully saturated rings. The van der Waals surface area contributed by atoms with Crippen molar-refractivity contribution >= 4 is 5.91 Å². The third-order valence-corrected chi connectivity index (χ3v) is 4.11. The molecule has 128 valence electrons. The molecule has 2 heterocycles. The van der Waals surface area contributed by atoms with Gasteiger partial charge in [-0.15, -0.1) is 0 Å². The maximum absolute atomic E-state index is 12.5. The van der Waals surface area contributed by atoms with Gasteiger partial charge in [-0.05, 0) is 31.5 Å². The van der Waals surface area contributed by atoms with Crippen molar-refractivity contribution in [2.75, 3.05) is 6.54 Å². The van der Waals surface area contributed by atoms with Gasteiger partial charge >= 0.3 is 0 Å². The standard InChI is InChI=1S/C19H20N4O2/c1-14-16(12-22-23(14)17-10-6-7-11-20-17)18(24)21-13-19(2,25)15-8-4-3-5-9-15/h3-12,25H,13H2,1-2H3,(H,21,24). The summed E-state index contributed by atoms with van der Waals surface area (Å²) >= 11 is 0. The van der Waals surface area contributed by atoms with Gasteiger partial charge < -0.3 is 10.4 Å². The van der Waals surface area contributed by atoms with E-state index in [-0.39, 0.29) is 12.5 Å². The first-order valence-corrected chi connectivity index (χ1v) is 8.01. The molecule has 0 bridgehead atoms. The molecule has 2 N–H and O–H groups in total. The molecular formula is C19H20N4O2. The summed E-state index contributed by atoms with van der Waals surface area (Å²) in [6.45, 7) is 3.59. The molecule has 2 aromatic heterocycles. The van der Waals surface area contributed by atoms with E-state index in [1.165, 1.54) is 6.20 Å². The lowest BCUT2D eigenvalue weighted by Gasteiger charge is -2.24. The Kier molecular flexibility index (Phi) is 4.63. The van der Waals surface area contributed by atoms with Crippen molar-refractivity contribution in [2.24, 2.45) is 0 Å². The molecule has 0 aliphatic rings. The van der Waals surface area contributed by atoms with Crippen molar-refractivity contribution in [3.63, 3.8) is 0 Å². The lowest BCUT2D eigenvalue weighted by Crippen LogP contribution is -2.38. The summed E-state index contributed by atoms with van der Waals surface area (Å²) in [7, 11) is 0. The van der Waals surface area contributed by atoms with Crippen LogP contribution in [0, 0.1) is 6.92 Å². The van der Waals surface area contributed by atoms with Crippen LogP contribution in [0.5, 0.6) is 0 Å². The Morgan fingerprint density at radius 1 is 1.20 bits per heavy atom. The Hall–Kier alpha value is -2.99. The fraction of sp³-hybridized carbons (Fsp3) is 0.211. The molecule has 0 aliphatic carbocycles. The molecule has 25 heavy (non-hydrogen) atoms. The summed E-state index contributed by atoms with van der Waals surface area (Å²) in [6, 6.07) is 14.8. The van der Waals surface area contributed by atoms with E-state index in [1.54, 1.807) is 17.8 Å². The Balaban J connectivity index is 1.73. The minimum Gasteiger partial charge on any atom is -0.384 e. The van der Waals surface area contributed by atoms with Crippen LogP contribution in [0.1, 0.15) is 28.5 Å². The summed E-state index contributed by atoms with van der Waals surface area (Å²) in [5.74, 6) is 0.367. The maximum Gasteiger partial charge on any atom is 0.254 e. The van der Waals surface area contributed by atoms with Crippen molar-refractivity contribution in [1.29, 1.82) is 0 Å². The van der Waals surface area contributed by atoms with Crippen LogP contribution in [0.25, 0.3) is 5.82 Å². The number of benzene rings is 1. The first-order chi connectivity index (χ1) is 12.0. The summed E-state index contributed by atoms with van der Waals surface area (Å²) < 4.78 is 1.62. The van der Waals surface area contributed by atoms with Crippen LogP contribution in [-0.4, -0.2) is 32.3 Å². The van der Waals surface area contributed by atoms with E-state index >= 15 is 0 Å². The van der Waals surface area contributed by atoms with Crippen LogP contribution in [0.3, 0.4) is 0 Å². The summed E-state index contributed by atoms with van der Waals surface area (Å²) in [5.41, 5.74) is 0.739. The highest BCUT2D eigenvalue weighted by molar-refractivity contribution is 5.95. The van der Waals surface area contributed by atoms with Crippen LogP contribution in [0.15, 0.2) is 60.9 Å². The number of nitrogens with zero attached hydrogens (tertiary/aromatic N) is 3. The van der Waals surface area contributed by atoms with Gasteiger partial charge in [0, 0.05) is 6.20 Å². The van der Waals surface area contributed by atoms with Crippen molar-refractivity contribution in [3.05, 3.63) is 77.7 Å². The minimum absolute atomic E-state index is 0.101. The van der Waals surface area contributed by atoms with E-state index in [0.29, 0.717) is 17.1 Å². The van der Waals surface area contributed by atoms with Crippen molar-refractivity contribution in [3.8, 4) is 5.82 Å². The van der Waals surface area contributed by atoms with Gasteiger partial charge in [-0.2, -0.15) is 5.10 Å². The zero-order chi connectivity index (χ0) is 17.9. The summed E-state index contributed by atoms with van der Waals surface area (Å²) in [6.07, 6.45) is 3.18. The lowest BCUT2D eigenvalue weighted by molar-refractivity contribution is 0.0526. The zero-order valence-electron chi connectivity index (χ0n) is 14.2. The quantitative estimate of drug-likeness (QED) is 0.749. The topological polar surface area (TPSA) is 80.0 Å². The molecule has 0 saturated heterocycles. The number of hydrogen-bond donors (Lipinski definition) is 2. The highest BCUT2D eigenvalue weighted by atomic mass is 16.3. The smallest absolute Gasteiger partial charge is 0.254 e. The molecule has 1 atom stereocenters. The number of pyridine rings is 1. The van der Waals surface area contributed by atoms with Crippen molar-refractivity contribution in [1.82, 2.24) is 20.1 Å². The molecule has 0 aliphatic heterocycles. The molecule has 1 unspecified atom stereocenters. The zero-order valence-corrected chi connectivity index (χ0v) is 14.2. The molecule has 0 spiro atoms. The Morgan fingerprint density at radius 2 is 1.92 bits per heavy atom. The monoisotopic (exact) mass is 336 g/mol. The van der Waals surface area contributed by atoms with Gasteiger partial charge in [0.2, 0.25) is 0 Å². The van der Waals surface area contributed by atoms with E-state index in [1.807, 2.05) is 55.5 Å². The molecule has 1 amide bonds. The SMILES string of the molecule is Cc1c(C(=O)NCC(C)(O)c2ccccc2)cnn1-c1ccccn1. The van der Waals surface area contributed by atoms with E-state index in [4.69, 9.17) is 0 Å². The molecular weight excluding hydrogens is 316 g/mol. The molecule has 6 nitrogen and oxygen atoms in total.